The fraction of sp³-hybridized carbons (Fsp3) is 0.345. The zero-order valence-corrected chi connectivity index (χ0v) is 21.1. The highest BCUT2D eigenvalue weighted by atomic mass is 31.0. The summed E-state index contributed by atoms with van der Waals surface area (Å²) in [5, 5.41) is 0. The van der Waals surface area contributed by atoms with Gasteiger partial charge >= 0.3 is 0 Å². The third-order valence-corrected chi connectivity index (χ3v) is 6.54. The van der Waals surface area contributed by atoms with Crippen molar-refractivity contribution in [2.45, 2.75) is 46.8 Å². The van der Waals surface area contributed by atoms with Gasteiger partial charge in [0, 0.05) is 23.1 Å². The highest BCUT2D eigenvalue weighted by Crippen LogP contribution is 2.33. The Morgan fingerprint density at radius 1 is 0.818 bits per heavy atom. The molecule has 0 aliphatic heterocycles. The second-order valence-electron chi connectivity index (χ2n) is 9.46. The minimum atomic E-state index is -0.0853. The lowest BCUT2D eigenvalue weighted by Crippen LogP contribution is -2.23. The summed E-state index contributed by atoms with van der Waals surface area (Å²) in [5.74, 6) is 2.28. The summed E-state index contributed by atoms with van der Waals surface area (Å²) in [5.41, 5.74) is 2.44. The molecule has 0 bridgehead atoms. The molecule has 0 N–H and O–H groups in total. The van der Waals surface area contributed by atoms with Crippen molar-refractivity contribution in [2.75, 3.05) is 6.16 Å². The third-order valence-electron chi connectivity index (χ3n) is 5.73. The van der Waals surface area contributed by atoms with E-state index in [1.165, 1.54) is 0 Å². The smallest absolute Gasteiger partial charge is 0.164 e. The van der Waals surface area contributed by atoms with E-state index in [-0.39, 0.29) is 11.2 Å². The van der Waals surface area contributed by atoms with Crippen molar-refractivity contribution in [1.29, 1.82) is 0 Å². The van der Waals surface area contributed by atoms with Crippen LogP contribution in [0.4, 0.5) is 0 Å². The quantitative estimate of drug-likeness (QED) is 0.209. The molecule has 0 spiro atoms. The molecular weight excluding hydrogens is 427 g/mol. The van der Waals surface area contributed by atoms with Crippen molar-refractivity contribution in [1.82, 2.24) is 0 Å². The van der Waals surface area contributed by atoms with Crippen LogP contribution in [0.3, 0.4) is 0 Å². The van der Waals surface area contributed by atoms with Gasteiger partial charge < -0.3 is 9.47 Å². The lowest BCUT2D eigenvalue weighted by atomic mass is 9.78. The van der Waals surface area contributed by atoms with Gasteiger partial charge in [-0.05, 0) is 48.2 Å². The first kappa shape index (κ1) is 25.0. The first-order chi connectivity index (χ1) is 15.9. The molecule has 0 heterocycles. The van der Waals surface area contributed by atoms with Crippen molar-refractivity contribution in [2.24, 2.45) is 11.3 Å². The normalized spacial score (nSPS) is 12.2. The van der Waals surface area contributed by atoms with Crippen molar-refractivity contribution in [3.63, 3.8) is 0 Å². The standard InChI is InChI=1S/C29H35O3P/c1-22(21-33)17-29(2,3)18-27(30)28-23(19-31-25-13-6-4-7-14-25)11-10-12-24(28)20-32-26-15-8-5-9-16-26/h4-16,22H,17-21,33H2,1-3H3. The molecule has 0 aromatic heterocycles. The third kappa shape index (κ3) is 7.72. The number of hydrogen-bond acceptors (Lipinski definition) is 3. The molecule has 33 heavy (non-hydrogen) atoms. The number of rotatable bonds is 12. The van der Waals surface area contributed by atoms with Crippen LogP contribution in [0.25, 0.3) is 0 Å². The van der Waals surface area contributed by atoms with Crippen LogP contribution in [-0.2, 0) is 13.2 Å². The summed E-state index contributed by atoms with van der Waals surface area (Å²) in [6, 6.07) is 25.4. The molecule has 0 amide bonds. The molecule has 3 rings (SSSR count). The first-order valence-corrected chi connectivity index (χ1v) is 12.4. The van der Waals surface area contributed by atoms with Gasteiger partial charge in [0.1, 0.15) is 24.7 Å². The van der Waals surface area contributed by atoms with Crippen LogP contribution in [0, 0.1) is 11.3 Å². The van der Waals surface area contributed by atoms with Crippen molar-refractivity contribution in [3.8, 4) is 11.5 Å². The molecule has 0 fully saturated rings. The summed E-state index contributed by atoms with van der Waals surface area (Å²) in [4.78, 5) is 13.7. The van der Waals surface area contributed by atoms with E-state index in [0.717, 1.165) is 40.8 Å². The Kier molecular flexibility index (Phi) is 9.09. The lowest BCUT2D eigenvalue weighted by Gasteiger charge is -2.28. The summed E-state index contributed by atoms with van der Waals surface area (Å²) in [6.07, 6.45) is 2.53. The molecule has 0 aliphatic rings. The largest absolute Gasteiger partial charge is 0.489 e. The lowest BCUT2D eigenvalue weighted by molar-refractivity contribution is 0.0912. The number of benzene rings is 3. The Labute approximate surface area is 200 Å². The van der Waals surface area contributed by atoms with Gasteiger partial charge in [0.05, 0.1) is 0 Å². The summed E-state index contributed by atoms with van der Waals surface area (Å²) < 4.78 is 12.0. The SMILES string of the molecule is CC(CP)CC(C)(C)CC(=O)c1c(COc2ccccc2)cccc1COc1ccccc1. The molecule has 174 valence electrons. The highest BCUT2D eigenvalue weighted by Gasteiger charge is 2.27. The van der Waals surface area contributed by atoms with Crippen molar-refractivity contribution in [3.05, 3.63) is 95.6 Å². The van der Waals surface area contributed by atoms with Crippen molar-refractivity contribution >= 4 is 15.0 Å². The van der Waals surface area contributed by atoms with Crippen LogP contribution in [0.2, 0.25) is 0 Å². The maximum absolute atomic E-state index is 13.7. The average Bonchev–Trinajstić information content (AvgIpc) is 2.82. The fourth-order valence-electron chi connectivity index (χ4n) is 4.23. The second-order valence-corrected chi connectivity index (χ2v) is 9.94. The van der Waals surface area contributed by atoms with Gasteiger partial charge in [0.25, 0.3) is 0 Å². The van der Waals surface area contributed by atoms with E-state index in [4.69, 9.17) is 9.47 Å². The van der Waals surface area contributed by atoms with Gasteiger partial charge in [-0.15, -0.1) is 9.24 Å². The Morgan fingerprint density at radius 3 is 1.76 bits per heavy atom. The van der Waals surface area contributed by atoms with E-state index in [9.17, 15) is 4.79 Å². The van der Waals surface area contributed by atoms with Gasteiger partial charge in [0.2, 0.25) is 0 Å². The Bertz CT molecular complexity index is 954. The number of Topliss-reactive ketones (excluding diaryl/α,β-unsaturated/α-hetero) is 1. The van der Waals surface area contributed by atoms with E-state index >= 15 is 0 Å². The number of carbonyl (C=O) groups is 1. The van der Waals surface area contributed by atoms with Gasteiger partial charge in [-0.25, -0.2) is 0 Å². The Morgan fingerprint density at radius 2 is 1.30 bits per heavy atom. The number of hydrogen-bond donors (Lipinski definition) is 0. The maximum Gasteiger partial charge on any atom is 0.164 e. The maximum atomic E-state index is 13.7. The van der Waals surface area contributed by atoms with Crippen LogP contribution in [0.5, 0.6) is 11.5 Å². The molecule has 4 heteroatoms. The van der Waals surface area contributed by atoms with E-state index in [1.54, 1.807) is 0 Å². The van der Waals surface area contributed by atoms with Gasteiger partial charge in [-0.3, -0.25) is 4.79 Å². The molecule has 0 radical (unpaired) electrons. The van der Waals surface area contributed by atoms with Gasteiger partial charge in [-0.1, -0.05) is 75.4 Å². The predicted molar refractivity (Wildman–Crippen MR) is 139 cm³/mol. The van der Waals surface area contributed by atoms with Crippen LogP contribution >= 0.6 is 9.24 Å². The van der Waals surface area contributed by atoms with Crippen molar-refractivity contribution < 1.29 is 14.3 Å². The molecule has 2 unspecified atom stereocenters. The van der Waals surface area contributed by atoms with E-state index in [2.05, 4.69) is 30.0 Å². The van der Waals surface area contributed by atoms with Crippen LogP contribution in [0.1, 0.15) is 55.1 Å². The topological polar surface area (TPSA) is 35.5 Å². The zero-order chi connectivity index (χ0) is 23.7. The minimum absolute atomic E-state index is 0.0853. The summed E-state index contributed by atoms with van der Waals surface area (Å²) in [6.45, 7) is 7.29. The van der Waals surface area contributed by atoms with Crippen LogP contribution in [-0.4, -0.2) is 11.9 Å². The van der Waals surface area contributed by atoms with Gasteiger partial charge in [-0.2, -0.15) is 0 Å². The number of para-hydroxylation sites is 2. The van der Waals surface area contributed by atoms with Crippen LogP contribution in [0.15, 0.2) is 78.9 Å². The molecule has 3 aromatic carbocycles. The Hall–Kier alpha value is -2.64. The molecule has 3 aromatic rings. The summed E-state index contributed by atoms with van der Waals surface area (Å²) >= 11 is 0. The minimum Gasteiger partial charge on any atom is -0.489 e. The van der Waals surface area contributed by atoms with Crippen LogP contribution < -0.4 is 9.47 Å². The first-order valence-electron chi connectivity index (χ1n) is 11.6. The molecule has 0 saturated heterocycles. The average molecular weight is 463 g/mol. The predicted octanol–water partition coefficient (Wildman–Crippen LogP) is 7.34. The fourth-order valence-corrected chi connectivity index (χ4v) is 4.40. The second kappa shape index (κ2) is 12.0. The van der Waals surface area contributed by atoms with E-state index < -0.39 is 0 Å². The Balaban J connectivity index is 1.86. The monoisotopic (exact) mass is 462 g/mol. The van der Waals surface area contributed by atoms with E-state index in [1.807, 2.05) is 78.9 Å². The van der Waals surface area contributed by atoms with Gasteiger partial charge in [0.15, 0.2) is 5.78 Å². The molecule has 3 nitrogen and oxygen atoms in total. The molecule has 2 atom stereocenters. The molecule has 0 aliphatic carbocycles. The number of carbonyl (C=O) groups excluding carboxylic acids is 1. The number of ketones is 1. The number of ether oxygens (including phenoxy) is 2. The summed E-state index contributed by atoms with van der Waals surface area (Å²) in [7, 11) is 2.81. The zero-order valence-electron chi connectivity index (χ0n) is 19.9. The molecular formula is C29H35O3P. The highest BCUT2D eigenvalue weighted by molar-refractivity contribution is 7.16. The van der Waals surface area contributed by atoms with E-state index in [0.29, 0.717) is 25.6 Å². The molecule has 0 saturated carbocycles.